The van der Waals surface area contributed by atoms with Crippen molar-refractivity contribution in [2.45, 2.75) is 32.7 Å². The van der Waals surface area contributed by atoms with Gasteiger partial charge in [-0.3, -0.25) is 19.4 Å². The second-order valence-electron chi connectivity index (χ2n) is 8.25. The predicted molar refractivity (Wildman–Crippen MR) is 124 cm³/mol. The second kappa shape index (κ2) is 10.2. The van der Waals surface area contributed by atoms with Crippen LogP contribution in [-0.2, 0) is 22.6 Å². The van der Waals surface area contributed by atoms with E-state index in [1.165, 1.54) is 0 Å². The highest BCUT2D eigenvalue weighted by molar-refractivity contribution is 5.81. The van der Waals surface area contributed by atoms with Crippen molar-refractivity contribution in [2.75, 3.05) is 13.1 Å². The van der Waals surface area contributed by atoms with Crippen LogP contribution in [0.15, 0.2) is 59.7 Å². The topological polar surface area (TPSA) is 108 Å². The van der Waals surface area contributed by atoms with Crippen molar-refractivity contribution >= 4 is 11.8 Å². The summed E-state index contributed by atoms with van der Waals surface area (Å²) in [6, 6.07) is 13.3. The summed E-state index contributed by atoms with van der Waals surface area (Å²) in [5.41, 5.74) is 2.42. The van der Waals surface area contributed by atoms with Gasteiger partial charge in [0.25, 0.3) is 5.56 Å². The quantitative estimate of drug-likeness (QED) is 0.605. The highest BCUT2D eigenvalue weighted by Crippen LogP contribution is 2.19. The van der Waals surface area contributed by atoms with Crippen LogP contribution < -0.4 is 10.9 Å². The van der Waals surface area contributed by atoms with Crippen molar-refractivity contribution < 1.29 is 9.59 Å². The standard InChI is InChI=1S/C25H27N5O3/c1-17-21(25(33)29-23(28-17)19-7-11-26-12-8-19)15-22(31)30-13-9-20(10-14-30)24(32)27-16-18-5-3-2-4-6-18/h2-8,11-12,20H,9-10,13-16H2,1H3,(H,27,32)(H,28,29,33). The molecule has 4 rings (SSSR count). The van der Waals surface area contributed by atoms with E-state index in [0.29, 0.717) is 49.6 Å². The van der Waals surface area contributed by atoms with E-state index in [1.54, 1.807) is 36.4 Å². The number of nitrogens with zero attached hydrogens (tertiary/aromatic N) is 3. The van der Waals surface area contributed by atoms with Gasteiger partial charge in [0.2, 0.25) is 11.8 Å². The molecule has 1 aliphatic rings. The van der Waals surface area contributed by atoms with Gasteiger partial charge in [0.05, 0.1) is 6.42 Å². The number of likely N-dealkylation sites (tertiary alicyclic amines) is 1. The third kappa shape index (κ3) is 5.52. The van der Waals surface area contributed by atoms with E-state index in [2.05, 4.69) is 20.3 Å². The lowest BCUT2D eigenvalue weighted by molar-refractivity contribution is -0.135. The molecule has 0 atom stereocenters. The SMILES string of the molecule is Cc1nc(-c2ccncc2)[nH]c(=O)c1CC(=O)N1CCC(C(=O)NCc2ccccc2)CC1. The van der Waals surface area contributed by atoms with E-state index in [-0.39, 0.29) is 29.7 Å². The Hall–Kier alpha value is -3.81. The van der Waals surface area contributed by atoms with Crippen LogP contribution in [0.4, 0.5) is 0 Å². The number of aromatic nitrogens is 3. The molecule has 0 saturated carbocycles. The summed E-state index contributed by atoms with van der Waals surface area (Å²) < 4.78 is 0. The summed E-state index contributed by atoms with van der Waals surface area (Å²) in [5, 5.41) is 2.99. The Bertz CT molecular complexity index is 1170. The lowest BCUT2D eigenvalue weighted by atomic mass is 9.95. The number of rotatable bonds is 6. The molecule has 2 N–H and O–H groups in total. The Kier molecular flexibility index (Phi) is 6.92. The smallest absolute Gasteiger partial charge is 0.255 e. The van der Waals surface area contributed by atoms with Gasteiger partial charge in [-0.15, -0.1) is 0 Å². The molecule has 1 aliphatic heterocycles. The zero-order valence-corrected chi connectivity index (χ0v) is 18.6. The minimum Gasteiger partial charge on any atom is -0.352 e. The first-order valence-electron chi connectivity index (χ1n) is 11.1. The van der Waals surface area contributed by atoms with E-state index in [9.17, 15) is 14.4 Å². The Morgan fingerprint density at radius 1 is 1.09 bits per heavy atom. The number of pyridine rings is 1. The molecule has 2 amide bonds. The van der Waals surface area contributed by atoms with Crippen molar-refractivity contribution in [2.24, 2.45) is 5.92 Å². The first-order chi connectivity index (χ1) is 16.0. The second-order valence-corrected chi connectivity index (χ2v) is 8.25. The number of nitrogens with one attached hydrogen (secondary N) is 2. The molecule has 8 heteroatoms. The number of hydrogen-bond donors (Lipinski definition) is 2. The van der Waals surface area contributed by atoms with Gasteiger partial charge < -0.3 is 15.2 Å². The van der Waals surface area contributed by atoms with Gasteiger partial charge in [-0.1, -0.05) is 30.3 Å². The predicted octanol–water partition coefficient (Wildman–Crippen LogP) is 2.24. The third-order valence-corrected chi connectivity index (χ3v) is 6.03. The Labute approximate surface area is 192 Å². The summed E-state index contributed by atoms with van der Waals surface area (Å²) in [4.78, 5) is 51.0. The van der Waals surface area contributed by atoms with Gasteiger partial charge in [0.15, 0.2) is 0 Å². The minimum atomic E-state index is -0.308. The molecular weight excluding hydrogens is 418 g/mol. The van der Waals surface area contributed by atoms with Gasteiger partial charge in [-0.25, -0.2) is 4.98 Å². The van der Waals surface area contributed by atoms with Gasteiger partial charge in [-0.05, 0) is 37.5 Å². The summed E-state index contributed by atoms with van der Waals surface area (Å²) in [6.45, 7) is 3.25. The maximum absolute atomic E-state index is 12.9. The highest BCUT2D eigenvalue weighted by Gasteiger charge is 2.28. The largest absolute Gasteiger partial charge is 0.352 e. The normalized spacial score (nSPS) is 14.2. The minimum absolute atomic E-state index is 0.00430. The fourth-order valence-electron chi connectivity index (χ4n) is 4.05. The van der Waals surface area contributed by atoms with Gasteiger partial charge in [0.1, 0.15) is 5.82 Å². The summed E-state index contributed by atoms with van der Waals surface area (Å²) in [5.74, 6) is 0.252. The number of aryl methyl sites for hydroxylation is 1. The van der Waals surface area contributed by atoms with Crippen molar-refractivity contribution in [1.82, 2.24) is 25.2 Å². The average Bonchev–Trinajstić information content (AvgIpc) is 2.85. The molecule has 0 unspecified atom stereocenters. The molecular formula is C25H27N5O3. The van der Waals surface area contributed by atoms with Crippen LogP contribution in [0.2, 0.25) is 0 Å². The van der Waals surface area contributed by atoms with Crippen LogP contribution in [0.1, 0.15) is 29.7 Å². The number of benzene rings is 1. The van der Waals surface area contributed by atoms with E-state index < -0.39 is 0 Å². The number of hydrogen-bond acceptors (Lipinski definition) is 5. The maximum atomic E-state index is 12.9. The molecule has 0 aliphatic carbocycles. The van der Waals surface area contributed by atoms with E-state index in [0.717, 1.165) is 11.1 Å². The summed E-state index contributed by atoms with van der Waals surface area (Å²) in [7, 11) is 0. The molecule has 33 heavy (non-hydrogen) atoms. The molecule has 0 bridgehead atoms. The van der Waals surface area contributed by atoms with Gasteiger partial charge >= 0.3 is 0 Å². The number of carbonyl (C=O) groups is 2. The molecule has 1 fully saturated rings. The zero-order chi connectivity index (χ0) is 23.2. The van der Waals surface area contributed by atoms with Crippen molar-refractivity contribution in [1.29, 1.82) is 0 Å². The molecule has 0 spiro atoms. The van der Waals surface area contributed by atoms with Crippen molar-refractivity contribution in [3.8, 4) is 11.4 Å². The fourth-order valence-corrected chi connectivity index (χ4v) is 4.05. The van der Waals surface area contributed by atoms with Gasteiger partial charge in [-0.2, -0.15) is 0 Å². The average molecular weight is 446 g/mol. The lowest BCUT2D eigenvalue weighted by Gasteiger charge is -2.31. The molecule has 2 aromatic heterocycles. The van der Waals surface area contributed by atoms with Crippen molar-refractivity contribution in [3.63, 3.8) is 0 Å². The zero-order valence-electron chi connectivity index (χ0n) is 18.6. The molecule has 3 heterocycles. The van der Waals surface area contributed by atoms with Crippen LogP contribution in [-0.4, -0.2) is 44.8 Å². The molecule has 0 radical (unpaired) electrons. The van der Waals surface area contributed by atoms with Crippen molar-refractivity contribution in [3.05, 3.63) is 82.0 Å². The molecule has 1 saturated heterocycles. The molecule has 3 aromatic rings. The summed E-state index contributed by atoms with van der Waals surface area (Å²) >= 11 is 0. The Morgan fingerprint density at radius 2 is 1.79 bits per heavy atom. The third-order valence-electron chi connectivity index (χ3n) is 6.03. The number of aromatic amines is 1. The fraction of sp³-hybridized carbons (Fsp3) is 0.320. The van der Waals surface area contributed by atoms with Crippen LogP contribution >= 0.6 is 0 Å². The van der Waals surface area contributed by atoms with E-state index in [4.69, 9.17) is 0 Å². The van der Waals surface area contributed by atoms with Crippen LogP contribution in [0.3, 0.4) is 0 Å². The number of piperidine rings is 1. The van der Waals surface area contributed by atoms with E-state index in [1.807, 2.05) is 30.3 Å². The molecule has 8 nitrogen and oxygen atoms in total. The Morgan fingerprint density at radius 3 is 2.45 bits per heavy atom. The first-order valence-corrected chi connectivity index (χ1v) is 11.1. The number of H-pyrrole nitrogens is 1. The molecule has 1 aromatic carbocycles. The first kappa shape index (κ1) is 22.4. The maximum Gasteiger partial charge on any atom is 0.255 e. The molecule has 170 valence electrons. The lowest BCUT2D eigenvalue weighted by Crippen LogP contribution is -2.44. The van der Waals surface area contributed by atoms with E-state index >= 15 is 0 Å². The summed E-state index contributed by atoms with van der Waals surface area (Å²) in [6.07, 6.45) is 4.48. The van der Waals surface area contributed by atoms with Crippen LogP contribution in [0, 0.1) is 12.8 Å². The van der Waals surface area contributed by atoms with Crippen LogP contribution in [0.5, 0.6) is 0 Å². The van der Waals surface area contributed by atoms with Crippen LogP contribution in [0.25, 0.3) is 11.4 Å². The number of amides is 2. The number of carbonyl (C=O) groups excluding carboxylic acids is 2. The highest BCUT2D eigenvalue weighted by atomic mass is 16.2. The Balaban J connectivity index is 1.32. The van der Waals surface area contributed by atoms with Gasteiger partial charge in [0, 0.05) is 54.8 Å². The monoisotopic (exact) mass is 445 g/mol.